The fourth-order valence-electron chi connectivity index (χ4n) is 5.99. The summed E-state index contributed by atoms with van der Waals surface area (Å²) in [6.45, 7) is 3.78. The molecule has 1 N–H and O–H groups in total. The number of esters is 2. The van der Waals surface area contributed by atoms with Crippen LogP contribution in [-0.4, -0.2) is 87.0 Å². The average Bonchev–Trinajstić information content (AvgIpc) is 3.55. The Hall–Kier alpha value is -3.18. The van der Waals surface area contributed by atoms with Crippen LogP contribution in [0.4, 0.5) is 0 Å². The molecule has 1 aliphatic rings. The zero-order chi connectivity index (χ0) is 44.3. The van der Waals surface area contributed by atoms with E-state index in [0.717, 1.165) is 44.9 Å². The Labute approximate surface area is 362 Å². The van der Waals surface area contributed by atoms with Crippen LogP contribution >= 0.6 is 7.82 Å². The molecule has 0 fully saturated rings. The Morgan fingerprint density at radius 2 is 1.35 bits per heavy atom. The molecule has 0 saturated carbocycles. The summed E-state index contributed by atoms with van der Waals surface area (Å²) in [4.78, 5) is 50.1. The third-order valence-corrected chi connectivity index (χ3v) is 10.6. The molecule has 0 aromatic rings. The zero-order valence-corrected chi connectivity index (χ0v) is 38.4. The normalized spacial score (nSPS) is 18.3. The minimum Gasteiger partial charge on any atom is -0.756 e. The van der Waals surface area contributed by atoms with Crippen molar-refractivity contribution in [3.63, 3.8) is 0 Å². The number of phosphoric ester groups is 1. The number of ether oxygens (including phenoxy) is 2. The van der Waals surface area contributed by atoms with Gasteiger partial charge in [-0.25, -0.2) is 0 Å². The number of nitrogens with zero attached hydrogens (tertiary/aromatic N) is 1. The first-order chi connectivity index (χ1) is 28.8. The van der Waals surface area contributed by atoms with Crippen molar-refractivity contribution in [2.45, 2.75) is 142 Å². The van der Waals surface area contributed by atoms with Crippen molar-refractivity contribution in [2.24, 2.45) is 11.8 Å². The number of hydrogen-bond acceptors (Lipinski definition) is 10. The first-order valence-electron chi connectivity index (χ1n) is 22.3. The summed E-state index contributed by atoms with van der Waals surface area (Å²) in [5.41, 5.74) is 0. The summed E-state index contributed by atoms with van der Waals surface area (Å²) in [5.74, 6) is -1.29. The number of ketones is 1. The van der Waals surface area contributed by atoms with Gasteiger partial charge in [0, 0.05) is 18.8 Å². The third kappa shape index (κ3) is 31.7. The molecule has 0 saturated heterocycles. The van der Waals surface area contributed by atoms with Gasteiger partial charge in [0.25, 0.3) is 7.82 Å². The van der Waals surface area contributed by atoms with E-state index in [4.69, 9.17) is 18.5 Å². The van der Waals surface area contributed by atoms with Crippen LogP contribution in [0.25, 0.3) is 0 Å². The number of rotatable bonds is 36. The highest BCUT2D eigenvalue weighted by Crippen LogP contribution is 2.38. The topological polar surface area (TPSA) is 148 Å². The van der Waals surface area contributed by atoms with Gasteiger partial charge in [-0.15, -0.1) is 0 Å². The molecular formula is C48H78NO10P. The molecule has 0 aromatic carbocycles. The first kappa shape index (κ1) is 54.8. The monoisotopic (exact) mass is 860 g/mol. The SMILES string of the molecule is CCCCC/C=C\C/C=C\C/C=C\C/C=C\CCCC(=O)O[C@H](COC(=O)CCC/C=C\C[C@H]1C=CC(=O)[C@@H]1/C=C/[C@@H](O)CCCCC)COP(=O)([O-])OCC[N+](C)(C)C. The number of carbonyl (C=O) groups is 3. The lowest BCUT2D eigenvalue weighted by atomic mass is 9.90. The molecule has 0 aromatic heterocycles. The van der Waals surface area contributed by atoms with E-state index >= 15 is 0 Å². The van der Waals surface area contributed by atoms with Gasteiger partial charge in [-0.2, -0.15) is 0 Å². The first-order valence-corrected chi connectivity index (χ1v) is 23.8. The van der Waals surface area contributed by atoms with Crippen molar-refractivity contribution < 1.29 is 52.0 Å². The summed E-state index contributed by atoms with van der Waals surface area (Å²) in [6.07, 6.45) is 41.1. The molecule has 0 radical (unpaired) electrons. The van der Waals surface area contributed by atoms with Crippen LogP contribution in [0.2, 0.25) is 0 Å². The van der Waals surface area contributed by atoms with Crippen molar-refractivity contribution in [1.82, 2.24) is 0 Å². The highest BCUT2D eigenvalue weighted by atomic mass is 31.2. The average molecular weight is 860 g/mol. The lowest BCUT2D eigenvalue weighted by Crippen LogP contribution is -2.37. The molecule has 0 aliphatic heterocycles. The van der Waals surface area contributed by atoms with Crippen molar-refractivity contribution in [2.75, 3.05) is 47.5 Å². The van der Waals surface area contributed by atoms with Crippen molar-refractivity contribution in [3.8, 4) is 0 Å². The Morgan fingerprint density at radius 1 is 0.783 bits per heavy atom. The number of quaternary nitrogens is 1. The maximum atomic E-state index is 12.7. The standard InChI is InChI=1S/C48H78NO10P/c1-6-8-10-11-12-13-14-15-16-17-18-19-20-21-22-23-29-33-48(53)59-44(41-58-60(54,55)57-39-38-49(3,4)5)40-56-47(52)32-28-25-24-27-30-42-34-37-46(51)45(42)36-35-43(50)31-26-9-7-2/h12-13,15-16,18-19,21-22,24,27,34-37,42-45,50H,6-11,14,17,20,23,25-26,28-33,38-41H2,1-5H3/b13-12-,16-15-,19-18-,22-21-,27-24-,36-35+/t42-,43-,44+,45+/m0/s1. The second-order valence-corrected chi connectivity index (χ2v) is 17.8. The molecular weight excluding hydrogens is 781 g/mol. The van der Waals surface area contributed by atoms with E-state index in [0.29, 0.717) is 49.6 Å². The van der Waals surface area contributed by atoms with Gasteiger partial charge >= 0.3 is 11.9 Å². The summed E-state index contributed by atoms with van der Waals surface area (Å²) in [6, 6.07) is 0. The van der Waals surface area contributed by atoms with E-state index in [1.165, 1.54) is 19.3 Å². The van der Waals surface area contributed by atoms with Gasteiger partial charge in [-0.1, -0.05) is 125 Å². The van der Waals surface area contributed by atoms with Crippen molar-refractivity contribution in [3.05, 3.63) is 85.1 Å². The Balaban J connectivity index is 2.51. The maximum absolute atomic E-state index is 12.7. The molecule has 12 heteroatoms. The van der Waals surface area contributed by atoms with E-state index in [1.54, 1.807) is 12.2 Å². The third-order valence-electron chi connectivity index (χ3n) is 9.64. The van der Waals surface area contributed by atoms with Crippen molar-refractivity contribution in [1.29, 1.82) is 0 Å². The Kier molecular flexibility index (Phi) is 31.5. The van der Waals surface area contributed by atoms with Gasteiger partial charge in [-0.05, 0) is 82.6 Å². The number of aliphatic hydroxyl groups excluding tert-OH is 1. The molecule has 5 atom stereocenters. The fourth-order valence-corrected chi connectivity index (χ4v) is 6.72. The molecule has 1 aliphatic carbocycles. The van der Waals surface area contributed by atoms with Crippen LogP contribution in [-0.2, 0) is 37.5 Å². The number of aliphatic hydroxyl groups is 1. The number of allylic oxidation sites excluding steroid dienone is 13. The summed E-state index contributed by atoms with van der Waals surface area (Å²) in [7, 11) is 1.01. The minimum absolute atomic E-state index is 0.0199. The smallest absolute Gasteiger partial charge is 0.306 e. The van der Waals surface area contributed by atoms with Crippen LogP contribution in [0.5, 0.6) is 0 Å². The molecule has 60 heavy (non-hydrogen) atoms. The van der Waals surface area contributed by atoms with Gasteiger partial charge < -0.3 is 33.0 Å². The van der Waals surface area contributed by atoms with Gasteiger partial charge in [0.1, 0.15) is 19.8 Å². The summed E-state index contributed by atoms with van der Waals surface area (Å²) < 4.78 is 33.8. The number of unbranched alkanes of at least 4 members (excludes halogenated alkanes) is 7. The predicted octanol–water partition coefficient (Wildman–Crippen LogP) is 9.78. The number of carbonyl (C=O) groups excluding carboxylic acids is 3. The van der Waals surface area contributed by atoms with Gasteiger partial charge in [0.2, 0.25) is 0 Å². The van der Waals surface area contributed by atoms with Crippen LogP contribution in [0, 0.1) is 11.8 Å². The summed E-state index contributed by atoms with van der Waals surface area (Å²) >= 11 is 0. The predicted molar refractivity (Wildman–Crippen MR) is 240 cm³/mol. The maximum Gasteiger partial charge on any atom is 0.306 e. The highest BCUT2D eigenvalue weighted by molar-refractivity contribution is 7.45. The number of likely N-dealkylation sites (N-methyl/N-ethyl adjacent to an activating group) is 1. The second kappa shape index (κ2) is 34.4. The Bertz CT molecular complexity index is 1440. The number of phosphoric acid groups is 1. The number of hydrogen-bond donors (Lipinski definition) is 1. The molecule has 0 spiro atoms. The fraction of sp³-hybridized carbons (Fsp3) is 0.646. The Morgan fingerprint density at radius 3 is 1.97 bits per heavy atom. The van der Waals surface area contributed by atoms with E-state index in [1.807, 2.05) is 57.6 Å². The minimum atomic E-state index is -4.70. The van der Waals surface area contributed by atoms with Gasteiger partial charge in [0.05, 0.1) is 33.9 Å². The molecule has 1 rings (SSSR count). The van der Waals surface area contributed by atoms with Crippen LogP contribution in [0.1, 0.15) is 129 Å². The molecule has 0 heterocycles. The molecule has 340 valence electrons. The quantitative estimate of drug-likeness (QED) is 0.0212. The van der Waals surface area contributed by atoms with E-state index in [2.05, 4.69) is 50.3 Å². The zero-order valence-electron chi connectivity index (χ0n) is 37.5. The van der Waals surface area contributed by atoms with Crippen LogP contribution in [0.15, 0.2) is 85.1 Å². The largest absolute Gasteiger partial charge is 0.756 e. The van der Waals surface area contributed by atoms with Crippen molar-refractivity contribution >= 4 is 25.5 Å². The van der Waals surface area contributed by atoms with Crippen LogP contribution < -0.4 is 4.89 Å². The van der Waals surface area contributed by atoms with Crippen LogP contribution in [0.3, 0.4) is 0 Å². The molecule has 0 bridgehead atoms. The molecule has 11 nitrogen and oxygen atoms in total. The summed E-state index contributed by atoms with van der Waals surface area (Å²) in [5, 5.41) is 10.2. The molecule has 1 unspecified atom stereocenters. The van der Waals surface area contributed by atoms with E-state index in [9.17, 15) is 28.9 Å². The van der Waals surface area contributed by atoms with E-state index < -0.39 is 38.6 Å². The lowest BCUT2D eigenvalue weighted by Gasteiger charge is -2.28. The van der Waals surface area contributed by atoms with Gasteiger partial charge in [-0.3, -0.25) is 18.9 Å². The highest BCUT2D eigenvalue weighted by Gasteiger charge is 2.27. The van der Waals surface area contributed by atoms with E-state index in [-0.39, 0.29) is 43.7 Å². The lowest BCUT2D eigenvalue weighted by molar-refractivity contribution is -0.870. The second-order valence-electron chi connectivity index (χ2n) is 16.4. The molecule has 0 amide bonds. The van der Waals surface area contributed by atoms with Gasteiger partial charge in [0.15, 0.2) is 11.9 Å².